The fourth-order valence-corrected chi connectivity index (χ4v) is 3.49. The van der Waals surface area contributed by atoms with Crippen molar-refractivity contribution in [3.8, 4) is 0 Å². The predicted molar refractivity (Wildman–Crippen MR) is 73.8 cm³/mol. The third-order valence-corrected chi connectivity index (χ3v) is 6.31. The lowest BCUT2D eigenvalue weighted by molar-refractivity contribution is 0.0970. The van der Waals surface area contributed by atoms with Crippen LogP contribution in [0.2, 0.25) is 0 Å². The van der Waals surface area contributed by atoms with Crippen LogP contribution in [0.25, 0.3) is 0 Å². The van der Waals surface area contributed by atoms with Gasteiger partial charge in [0.15, 0.2) is 15.6 Å². The van der Waals surface area contributed by atoms with Crippen molar-refractivity contribution in [2.75, 3.05) is 5.75 Å². The zero-order valence-corrected chi connectivity index (χ0v) is 12.3. The number of benzene rings is 1. The highest BCUT2D eigenvalue weighted by molar-refractivity contribution is 7.95. The topological polar surface area (TPSA) is 51.2 Å². The highest BCUT2D eigenvalue weighted by atomic mass is 35.5. The minimum atomic E-state index is -3.65. The van der Waals surface area contributed by atoms with Crippen LogP contribution < -0.4 is 0 Å². The Balaban J connectivity index is 3.31. The Bertz CT molecular complexity index is 551. The lowest BCUT2D eigenvalue weighted by Crippen LogP contribution is -2.41. The molecule has 1 rings (SSSR count). The highest BCUT2D eigenvalue weighted by Gasteiger charge is 2.46. The smallest absolute Gasteiger partial charge is 0.207 e. The summed E-state index contributed by atoms with van der Waals surface area (Å²) >= 11 is 6.12. The van der Waals surface area contributed by atoms with Gasteiger partial charge in [-0.05, 0) is 19.4 Å². The molecular formula is C13H17ClO3S. The second-order valence-corrected chi connectivity index (χ2v) is 7.56. The van der Waals surface area contributed by atoms with E-state index in [1.165, 1.54) is 6.92 Å². The van der Waals surface area contributed by atoms with Gasteiger partial charge in [0, 0.05) is 11.3 Å². The number of carbonyl (C=O) groups is 1. The first-order chi connectivity index (χ1) is 8.28. The molecule has 0 aromatic heterocycles. The van der Waals surface area contributed by atoms with E-state index >= 15 is 0 Å². The van der Waals surface area contributed by atoms with E-state index in [0.717, 1.165) is 5.56 Å². The molecule has 0 aliphatic heterocycles. The fraction of sp³-hybridized carbons (Fsp3) is 0.462. The first kappa shape index (κ1) is 15.2. The number of hydrogen-bond acceptors (Lipinski definition) is 3. The van der Waals surface area contributed by atoms with Crippen LogP contribution in [0.4, 0.5) is 0 Å². The summed E-state index contributed by atoms with van der Waals surface area (Å²) in [5, 5.41) is 0. The van der Waals surface area contributed by atoms with Gasteiger partial charge < -0.3 is 0 Å². The van der Waals surface area contributed by atoms with Crippen molar-refractivity contribution in [2.24, 2.45) is 0 Å². The molecule has 0 aliphatic rings. The number of carbonyl (C=O) groups excluding carboxylic acids is 1. The van der Waals surface area contributed by atoms with E-state index in [9.17, 15) is 13.2 Å². The number of alkyl halides is 1. The van der Waals surface area contributed by atoms with Crippen molar-refractivity contribution in [2.45, 2.75) is 31.4 Å². The largest absolute Gasteiger partial charge is 0.291 e. The summed E-state index contributed by atoms with van der Waals surface area (Å²) in [6.07, 6.45) is 0.0531. The third kappa shape index (κ3) is 2.59. The van der Waals surface area contributed by atoms with Gasteiger partial charge in [-0.3, -0.25) is 4.79 Å². The van der Waals surface area contributed by atoms with Crippen molar-refractivity contribution in [3.63, 3.8) is 0 Å². The van der Waals surface area contributed by atoms with Crippen molar-refractivity contribution in [1.82, 2.24) is 0 Å². The maximum atomic E-state index is 12.3. The van der Waals surface area contributed by atoms with Crippen LogP contribution in [0.1, 0.15) is 36.2 Å². The van der Waals surface area contributed by atoms with Gasteiger partial charge in [-0.25, -0.2) is 8.42 Å². The van der Waals surface area contributed by atoms with E-state index < -0.39 is 19.8 Å². The summed E-state index contributed by atoms with van der Waals surface area (Å²) in [6, 6.07) is 6.80. The van der Waals surface area contributed by atoms with Crippen LogP contribution in [0, 0.1) is 6.92 Å². The molecule has 3 nitrogen and oxygen atoms in total. The van der Waals surface area contributed by atoms with Gasteiger partial charge >= 0.3 is 0 Å². The van der Waals surface area contributed by atoms with E-state index in [-0.39, 0.29) is 12.2 Å². The molecule has 0 N–H and O–H groups in total. The summed E-state index contributed by atoms with van der Waals surface area (Å²) in [7, 11) is -3.65. The van der Waals surface area contributed by atoms with Crippen LogP contribution in [0.3, 0.4) is 0 Å². The molecule has 1 aromatic rings. The molecule has 0 heterocycles. The lowest BCUT2D eigenvalue weighted by atomic mass is 10.0. The molecule has 18 heavy (non-hydrogen) atoms. The molecule has 1 aromatic carbocycles. The second-order valence-electron chi connectivity index (χ2n) is 4.18. The van der Waals surface area contributed by atoms with Gasteiger partial charge in [-0.1, -0.05) is 49.2 Å². The Morgan fingerprint density at radius 1 is 1.33 bits per heavy atom. The summed E-state index contributed by atoms with van der Waals surface area (Å²) < 4.78 is 22.1. The first-order valence-electron chi connectivity index (χ1n) is 5.81. The molecule has 5 heteroatoms. The molecule has 0 spiro atoms. The van der Waals surface area contributed by atoms with Crippen LogP contribution in [-0.2, 0) is 9.84 Å². The molecular weight excluding hydrogens is 272 g/mol. The van der Waals surface area contributed by atoms with Gasteiger partial charge in [0.25, 0.3) is 0 Å². The Labute approximate surface area is 113 Å². The molecule has 1 atom stereocenters. The maximum Gasteiger partial charge on any atom is 0.207 e. The average molecular weight is 289 g/mol. The minimum Gasteiger partial charge on any atom is -0.291 e. The van der Waals surface area contributed by atoms with E-state index in [1.807, 2.05) is 13.0 Å². The van der Waals surface area contributed by atoms with Crippen LogP contribution >= 0.6 is 11.6 Å². The minimum absolute atomic E-state index is 0.0531. The number of Topliss-reactive ketones (excluding diaryl/α,β-unsaturated/α-hetero) is 1. The third-order valence-electron chi connectivity index (χ3n) is 2.95. The fourth-order valence-electron chi connectivity index (χ4n) is 1.75. The van der Waals surface area contributed by atoms with Crippen LogP contribution in [0.15, 0.2) is 24.3 Å². The average Bonchev–Trinajstić information content (AvgIpc) is 2.36. The Hall–Kier alpha value is -0.870. The van der Waals surface area contributed by atoms with Crippen molar-refractivity contribution >= 4 is 27.2 Å². The standard InChI is InChI=1S/C13H17ClO3S/c1-4-13(14,18(16,17)5-2)12(15)11-8-6-7-10(3)9-11/h6-9H,4-5H2,1-3H3/t13-/m0/s1. The summed E-state index contributed by atoms with van der Waals surface area (Å²) in [5.41, 5.74) is 1.23. The Kier molecular flexibility index (Phi) is 4.56. The molecule has 0 saturated heterocycles. The Morgan fingerprint density at radius 2 is 1.94 bits per heavy atom. The van der Waals surface area contributed by atoms with Gasteiger partial charge in [0.1, 0.15) is 0 Å². The quantitative estimate of drug-likeness (QED) is 0.618. The highest BCUT2D eigenvalue weighted by Crippen LogP contribution is 2.32. The van der Waals surface area contributed by atoms with E-state index in [1.54, 1.807) is 25.1 Å². The monoisotopic (exact) mass is 288 g/mol. The van der Waals surface area contributed by atoms with E-state index in [2.05, 4.69) is 0 Å². The molecule has 0 aliphatic carbocycles. The zero-order chi connectivity index (χ0) is 14.0. The number of sulfone groups is 1. The van der Waals surface area contributed by atoms with Crippen molar-refractivity contribution in [1.29, 1.82) is 0 Å². The number of halogens is 1. The molecule has 0 fully saturated rings. The molecule has 0 unspecified atom stereocenters. The Morgan fingerprint density at radius 3 is 2.39 bits per heavy atom. The predicted octanol–water partition coefficient (Wildman–Crippen LogP) is 2.96. The second kappa shape index (κ2) is 5.41. The normalized spacial score (nSPS) is 15.1. The van der Waals surface area contributed by atoms with E-state index in [0.29, 0.717) is 5.56 Å². The number of rotatable bonds is 5. The van der Waals surface area contributed by atoms with Gasteiger partial charge in [0.05, 0.1) is 0 Å². The SMILES string of the molecule is CC[C@@](Cl)(C(=O)c1cccc(C)c1)S(=O)(=O)CC. The van der Waals surface area contributed by atoms with Crippen molar-refractivity contribution < 1.29 is 13.2 Å². The van der Waals surface area contributed by atoms with Crippen molar-refractivity contribution in [3.05, 3.63) is 35.4 Å². The first-order valence-corrected chi connectivity index (χ1v) is 7.84. The van der Waals surface area contributed by atoms with Gasteiger partial charge in [-0.2, -0.15) is 0 Å². The molecule has 0 saturated carbocycles. The number of aryl methyl sites for hydroxylation is 1. The van der Waals surface area contributed by atoms with Crippen LogP contribution in [0.5, 0.6) is 0 Å². The maximum absolute atomic E-state index is 12.3. The zero-order valence-electron chi connectivity index (χ0n) is 10.7. The molecule has 100 valence electrons. The number of ketones is 1. The molecule has 0 bridgehead atoms. The van der Waals surface area contributed by atoms with Gasteiger partial charge in [0.2, 0.25) is 4.21 Å². The molecule has 0 radical (unpaired) electrons. The lowest BCUT2D eigenvalue weighted by Gasteiger charge is -2.23. The molecule has 0 amide bonds. The van der Waals surface area contributed by atoms with Crippen LogP contribution in [-0.4, -0.2) is 24.2 Å². The van der Waals surface area contributed by atoms with Gasteiger partial charge in [-0.15, -0.1) is 0 Å². The number of hydrogen-bond donors (Lipinski definition) is 0. The van der Waals surface area contributed by atoms with E-state index in [4.69, 9.17) is 11.6 Å². The summed E-state index contributed by atoms with van der Waals surface area (Å²) in [5.74, 6) is -0.695. The summed E-state index contributed by atoms with van der Waals surface area (Å²) in [6.45, 7) is 4.94. The summed E-state index contributed by atoms with van der Waals surface area (Å²) in [4.78, 5) is 12.3.